The monoisotopic (exact) mass is 811 g/mol. The molecule has 3 rings (SSSR count). The van der Waals surface area contributed by atoms with Gasteiger partial charge in [-0.05, 0) is 33.6 Å². The smallest absolute Gasteiger partial charge is 0.278 e. The van der Waals surface area contributed by atoms with Gasteiger partial charge in [-0.2, -0.15) is 0 Å². The first-order chi connectivity index (χ1) is 27.4. The second-order valence-corrected chi connectivity index (χ2v) is 12.1. The molecular weight excluding hydrogens is 754 g/mol. The second-order valence-electron chi connectivity index (χ2n) is 12.1. The van der Waals surface area contributed by atoms with Crippen LogP contribution in [0.1, 0.15) is 59.3 Å². The predicted octanol–water partition coefficient (Wildman–Crippen LogP) is 1.09. The molecule has 3 heterocycles. The van der Waals surface area contributed by atoms with Gasteiger partial charge in [0.25, 0.3) is 17.7 Å². The quantitative estimate of drug-likeness (QED) is 0.150. The average Bonchev–Trinajstić information content (AvgIpc) is 3.21. The number of nitrogens with zero attached hydrogens (tertiary/aromatic N) is 11. The standard InChI is InChI=1S/C12H20N4O4.C11H18N4O4.C11H19N3O4/c1-9(13-18-2)11(15-20-4)12(17)16-7-5-10(6-8-16)14-19-3;1-8(13-18-2)10(14-19-3)11(16)15-6-4-9(12-17)5-7-15;1-8(12-17-2)10(13-18-3)11(16)14-6-4-5-9(15)7-14/h5-8H2,1-4H3;17H,4-7H2,1-3H3;9,15H,4-7H2,1-3H3. The Morgan fingerprint density at radius 1 is 0.526 bits per heavy atom. The number of aliphatic hydroxyl groups is 1. The molecule has 3 saturated heterocycles. The fourth-order valence-corrected chi connectivity index (χ4v) is 5.44. The third-order valence-corrected chi connectivity index (χ3v) is 8.17. The Morgan fingerprint density at radius 3 is 1.19 bits per heavy atom. The molecule has 0 aromatic carbocycles. The number of hydrogen-bond donors (Lipinski definition) is 2. The summed E-state index contributed by atoms with van der Waals surface area (Å²) in [4.78, 5) is 74.4. The lowest BCUT2D eigenvalue weighted by atomic mass is 10.1. The minimum Gasteiger partial charge on any atom is -0.411 e. The number of oxime groups is 8. The first-order valence-corrected chi connectivity index (χ1v) is 17.8. The van der Waals surface area contributed by atoms with E-state index >= 15 is 0 Å². The first-order valence-electron chi connectivity index (χ1n) is 17.8. The maximum absolute atomic E-state index is 12.4. The SMILES string of the molecule is CON=C(C)C(=NOC)C(=O)N1CCC(=NO)CC1.CON=C(C)C(=NOC)C(=O)N1CCCC(O)C1.CON=C1CCN(C(=O)C(=NOC)C(C)=NOC)CC1. The molecule has 1 unspecified atom stereocenters. The zero-order chi connectivity index (χ0) is 42.8. The largest absolute Gasteiger partial charge is 0.411 e. The van der Waals surface area contributed by atoms with Gasteiger partial charge in [-0.1, -0.05) is 41.2 Å². The van der Waals surface area contributed by atoms with E-state index in [0.717, 1.165) is 12.1 Å². The number of likely N-dealkylation sites (tertiary alicyclic amines) is 3. The van der Waals surface area contributed by atoms with Crippen LogP contribution >= 0.6 is 0 Å². The predicted molar refractivity (Wildman–Crippen MR) is 211 cm³/mol. The highest BCUT2D eigenvalue weighted by molar-refractivity contribution is 6.67. The van der Waals surface area contributed by atoms with Gasteiger partial charge in [-0.15, -0.1) is 0 Å². The number of carbonyl (C=O) groups is 3. The van der Waals surface area contributed by atoms with Gasteiger partial charge in [-0.25, -0.2) is 0 Å². The van der Waals surface area contributed by atoms with Crippen molar-refractivity contribution in [3.05, 3.63) is 0 Å². The van der Waals surface area contributed by atoms with Crippen LogP contribution in [0.25, 0.3) is 0 Å². The van der Waals surface area contributed by atoms with Gasteiger partial charge < -0.3 is 58.9 Å². The molecule has 3 aliphatic heterocycles. The zero-order valence-electron chi connectivity index (χ0n) is 34.5. The van der Waals surface area contributed by atoms with E-state index in [1.165, 1.54) is 49.8 Å². The van der Waals surface area contributed by atoms with E-state index in [1.807, 2.05) is 0 Å². The van der Waals surface area contributed by atoms with E-state index in [9.17, 15) is 19.5 Å². The minimum atomic E-state index is -0.480. The molecular formula is C34H57N11O12. The number of rotatable bonds is 13. The molecule has 57 heavy (non-hydrogen) atoms. The number of carbonyl (C=O) groups excluding carboxylic acids is 3. The molecule has 1 atom stereocenters. The van der Waals surface area contributed by atoms with E-state index < -0.39 is 6.10 Å². The van der Waals surface area contributed by atoms with Crippen molar-refractivity contribution >= 4 is 63.4 Å². The Bertz CT molecular complexity index is 1540. The molecule has 23 heteroatoms. The summed E-state index contributed by atoms with van der Waals surface area (Å²) in [5.74, 6) is -0.826. The molecule has 0 radical (unpaired) electrons. The van der Waals surface area contributed by atoms with Crippen molar-refractivity contribution in [2.24, 2.45) is 41.2 Å². The van der Waals surface area contributed by atoms with Crippen LogP contribution in [0.2, 0.25) is 0 Å². The third-order valence-electron chi connectivity index (χ3n) is 8.17. The van der Waals surface area contributed by atoms with E-state index in [0.29, 0.717) is 94.2 Å². The molecule has 3 fully saturated rings. The summed E-state index contributed by atoms with van der Waals surface area (Å²) >= 11 is 0. The molecule has 0 aliphatic carbocycles. The molecule has 0 spiro atoms. The molecule has 0 bridgehead atoms. The van der Waals surface area contributed by atoms with Crippen LogP contribution in [0.4, 0.5) is 0 Å². The molecule has 23 nitrogen and oxygen atoms in total. The Hall–Kier alpha value is -5.87. The summed E-state index contributed by atoms with van der Waals surface area (Å²) in [6.45, 7) is 7.83. The van der Waals surface area contributed by atoms with Crippen LogP contribution in [-0.2, 0) is 48.2 Å². The Balaban J connectivity index is 0.000000428. The minimum absolute atomic E-state index is 0.0912. The summed E-state index contributed by atoms with van der Waals surface area (Å²) in [6.07, 6.45) is 3.46. The molecule has 0 aromatic rings. The lowest BCUT2D eigenvalue weighted by Crippen LogP contribution is -2.46. The molecule has 2 N–H and O–H groups in total. The van der Waals surface area contributed by atoms with Crippen molar-refractivity contribution in [3.8, 4) is 0 Å². The maximum Gasteiger partial charge on any atom is 0.278 e. The Kier molecular flexibility index (Phi) is 23.9. The van der Waals surface area contributed by atoms with Crippen LogP contribution in [-0.4, -0.2) is 184 Å². The van der Waals surface area contributed by atoms with Crippen molar-refractivity contribution in [1.82, 2.24) is 14.7 Å². The highest BCUT2D eigenvalue weighted by atomic mass is 16.6. The van der Waals surface area contributed by atoms with Gasteiger partial charge in [-0.3, -0.25) is 14.4 Å². The Morgan fingerprint density at radius 2 is 0.877 bits per heavy atom. The van der Waals surface area contributed by atoms with E-state index in [-0.39, 0.29) is 34.9 Å². The highest BCUT2D eigenvalue weighted by Gasteiger charge is 2.29. The van der Waals surface area contributed by atoms with Gasteiger partial charge in [0.05, 0.1) is 17.5 Å². The van der Waals surface area contributed by atoms with E-state index in [2.05, 4.69) is 65.4 Å². The normalized spacial score (nSPS) is 18.5. The number of amides is 3. The number of aliphatic hydroxyl groups excluding tert-OH is 1. The van der Waals surface area contributed by atoms with Crippen molar-refractivity contribution in [1.29, 1.82) is 0 Å². The van der Waals surface area contributed by atoms with Gasteiger partial charge in [0.2, 0.25) is 0 Å². The van der Waals surface area contributed by atoms with Crippen molar-refractivity contribution in [2.45, 2.75) is 65.4 Å². The first kappa shape index (κ1) is 49.1. The summed E-state index contributed by atoms with van der Waals surface area (Å²) in [6, 6.07) is 0. The number of β-amino-alcohol motifs (C(OH)–C–C–N with tert-alkyl or cyclic N) is 1. The third kappa shape index (κ3) is 16.8. The van der Waals surface area contributed by atoms with Crippen molar-refractivity contribution in [3.63, 3.8) is 0 Å². The lowest BCUT2D eigenvalue weighted by Gasteiger charge is -2.30. The molecule has 0 aromatic heterocycles. The van der Waals surface area contributed by atoms with Gasteiger partial charge in [0.1, 0.15) is 66.9 Å². The molecule has 3 aliphatic rings. The lowest BCUT2D eigenvalue weighted by molar-refractivity contribution is -0.127. The maximum atomic E-state index is 12.4. The highest BCUT2D eigenvalue weighted by Crippen LogP contribution is 2.12. The van der Waals surface area contributed by atoms with Gasteiger partial charge >= 0.3 is 0 Å². The topological polar surface area (TPSA) is 265 Å². The summed E-state index contributed by atoms with van der Waals surface area (Å²) in [7, 11) is 9.81. The van der Waals surface area contributed by atoms with Crippen molar-refractivity contribution < 1.29 is 58.6 Å². The van der Waals surface area contributed by atoms with Crippen LogP contribution < -0.4 is 0 Å². The summed E-state index contributed by atoms with van der Waals surface area (Å²) < 4.78 is 0. The van der Waals surface area contributed by atoms with Crippen LogP contribution in [0.3, 0.4) is 0 Å². The summed E-state index contributed by atoms with van der Waals surface area (Å²) in [5, 5.41) is 47.5. The molecule has 0 saturated carbocycles. The number of piperidine rings is 3. The molecule has 320 valence electrons. The average molecular weight is 812 g/mol. The molecule has 3 amide bonds. The van der Waals surface area contributed by atoms with Gasteiger partial charge in [0, 0.05) is 65.0 Å². The zero-order valence-corrected chi connectivity index (χ0v) is 34.5. The van der Waals surface area contributed by atoms with Crippen LogP contribution in [0.15, 0.2) is 41.2 Å². The van der Waals surface area contributed by atoms with E-state index in [1.54, 1.807) is 35.5 Å². The van der Waals surface area contributed by atoms with Crippen LogP contribution in [0, 0.1) is 0 Å². The van der Waals surface area contributed by atoms with Crippen LogP contribution in [0.5, 0.6) is 0 Å². The fraction of sp³-hybridized carbons (Fsp3) is 0.676. The van der Waals surface area contributed by atoms with Crippen molar-refractivity contribution in [2.75, 3.05) is 89.0 Å². The summed E-state index contributed by atoms with van der Waals surface area (Å²) in [5.41, 5.74) is 3.03. The fourth-order valence-electron chi connectivity index (χ4n) is 5.44. The second kappa shape index (κ2) is 27.7. The van der Waals surface area contributed by atoms with E-state index in [4.69, 9.17) is 14.9 Å². The number of hydrogen-bond acceptors (Lipinski definition) is 20. The Labute approximate surface area is 332 Å². The van der Waals surface area contributed by atoms with Gasteiger partial charge in [0.15, 0.2) is 17.1 Å².